The molecule has 0 aliphatic carbocycles. The van der Waals surface area contributed by atoms with E-state index in [2.05, 4.69) is 118 Å². The van der Waals surface area contributed by atoms with Gasteiger partial charge in [0.15, 0.2) is 0 Å². The Bertz CT molecular complexity index is 654. The van der Waals surface area contributed by atoms with Crippen LogP contribution in [0.2, 0.25) is 0 Å². The van der Waals surface area contributed by atoms with Gasteiger partial charge in [0, 0.05) is 0 Å². The molecule has 0 nitrogen and oxygen atoms in total. The molecule has 0 fully saturated rings. The molecule has 40 heavy (non-hydrogen) atoms. The van der Waals surface area contributed by atoms with E-state index in [0.717, 1.165) is 76.9 Å². The predicted molar refractivity (Wildman–Crippen MR) is 186 cm³/mol. The smallest absolute Gasteiger partial charge is 0.0290 e. The molecule has 0 rings (SSSR count). The number of allylic oxidation sites excluding steroid dienone is 2. The summed E-state index contributed by atoms with van der Waals surface area (Å²) in [6, 6.07) is 0. The van der Waals surface area contributed by atoms with Crippen LogP contribution in [0.5, 0.6) is 0 Å². The average Bonchev–Trinajstić information content (AvgIpc) is 2.81. The van der Waals surface area contributed by atoms with E-state index >= 15 is 0 Å². The molecule has 0 aromatic rings. The van der Waals surface area contributed by atoms with Gasteiger partial charge in [-0.2, -0.15) is 0 Å². The van der Waals surface area contributed by atoms with Gasteiger partial charge in [0.25, 0.3) is 0 Å². The van der Waals surface area contributed by atoms with Gasteiger partial charge in [-0.1, -0.05) is 114 Å². The van der Waals surface area contributed by atoms with Gasteiger partial charge in [-0.3, -0.25) is 0 Å². The van der Waals surface area contributed by atoms with Gasteiger partial charge < -0.3 is 0 Å². The first-order valence-corrected chi connectivity index (χ1v) is 18.0. The van der Waals surface area contributed by atoms with Crippen molar-refractivity contribution in [2.24, 2.45) is 76.9 Å². The molecule has 0 aliphatic heterocycles. The lowest BCUT2D eigenvalue weighted by Crippen LogP contribution is -2.28. The van der Waals surface area contributed by atoms with E-state index in [4.69, 9.17) is 0 Å². The van der Waals surface area contributed by atoms with Crippen molar-refractivity contribution in [2.75, 3.05) is 0 Å². The van der Waals surface area contributed by atoms with Gasteiger partial charge in [-0.25, -0.2) is 0 Å². The lowest BCUT2D eigenvalue weighted by Gasteiger charge is -2.37. The van der Waals surface area contributed by atoms with Gasteiger partial charge in [0.1, 0.15) is 0 Å². The fourth-order valence-electron chi connectivity index (χ4n) is 6.97. The van der Waals surface area contributed by atoms with Crippen molar-refractivity contribution >= 4 is 0 Å². The third-order valence-corrected chi connectivity index (χ3v) is 11.2. The molecule has 0 saturated carbocycles. The van der Waals surface area contributed by atoms with Crippen LogP contribution in [0, 0.1) is 76.9 Å². The molecule has 0 bridgehead atoms. The molecule has 0 aromatic heterocycles. The lowest BCUT2D eigenvalue weighted by atomic mass is 9.68. The van der Waals surface area contributed by atoms with E-state index in [1.165, 1.54) is 56.9 Å². The van der Waals surface area contributed by atoms with E-state index in [-0.39, 0.29) is 0 Å². The van der Waals surface area contributed by atoms with E-state index in [1.54, 1.807) is 5.57 Å². The Labute approximate surface area is 256 Å². The van der Waals surface area contributed by atoms with Crippen LogP contribution >= 0.6 is 0 Å². The molecule has 0 aromatic carbocycles. The predicted octanol–water partition coefficient (Wildman–Crippen LogP) is 13.8. The van der Waals surface area contributed by atoms with Crippen molar-refractivity contribution in [3.8, 4) is 0 Å². The Kier molecular flexibility index (Phi) is 19.7. The standard InChI is InChI=1S/C40H80/c1-26(2)18-19-35(28(5)6)21-37(30(9)10)23-39(32(13)14)25-40(33(15)16)24-38(31(11)12)22-36(29(7)8)20-34(17)27(3)4/h26,28-33,35-40H,18-25H2,1-17H3. The van der Waals surface area contributed by atoms with Crippen molar-refractivity contribution in [1.29, 1.82) is 0 Å². The number of rotatable bonds is 21. The summed E-state index contributed by atoms with van der Waals surface area (Å²) in [5.41, 5.74) is 3.14. The van der Waals surface area contributed by atoms with Crippen molar-refractivity contribution in [1.82, 2.24) is 0 Å². The zero-order chi connectivity index (χ0) is 31.3. The first-order valence-electron chi connectivity index (χ1n) is 18.0. The zero-order valence-electron chi connectivity index (χ0n) is 31.2. The highest BCUT2D eigenvalue weighted by atomic mass is 14.4. The van der Waals surface area contributed by atoms with Crippen LogP contribution in [0.4, 0.5) is 0 Å². The molecule has 0 amide bonds. The summed E-state index contributed by atoms with van der Waals surface area (Å²) >= 11 is 0. The molecule has 0 heteroatoms. The molecule has 240 valence electrons. The van der Waals surface area contributed by atoms with Crippen LogP contribution in [0.25, 0.3) is 0 Å². The highest BCUT2D eigenvalue weighted by Crippen LogP contribution is 2.41. The Morgan fingerprint density at radius 2 is 0.625 bits per heavy atom. The fraction of sp³-hybridized carbons (Fsp3) is 0.950. The second-order valence-corrected chi connectivity index (χ2v) is 17.2. The van der Waals surface area contributed by atoms with Gasteiger partial charge in [-0.15, -0.1) is 0 Å². The molecule has 0 spiro atoms. The van der Waals surface area contributed by atoms with Gasteiger partial charge in [0.2, 0.25) is 0 Å². The molecule has 6 atom stereocenters. The van der Waals surface area contributed by atoms with Gasteiger partial charge >= 0.3 is 0 Å². The summed E-state index contributed by atoms with van der Waals surface area (Å²) in [4.78, 5) is 0. The maximum atomic E-state index is 2.52. The minimum Gasteiger partial charge on any atom is -0.0775 e. The van der Waals surface area contributed by atoms with Crippen LogP contribution in [0.15, 0.2) is 11.1 Å². The Morgan fingerprint density at radius 3 is 0.875 bits per heavy atom. The van der Waals surface area contributed by atoms with E-state index < -0.39 is 0 Å². The van der Waals surface area contributed by atoms with Gasteiger partial charge in [-0.05, 0) is 143 Å². The second kappa shape index (κ2) is 19.8. The molecule has 6 unspecified atom stereocenters. The highest BCUT2D eigenvalue weighted by Gasteiger charge is 2.31. The molecule has 0 radical (unpaired) electrons. The molecular weight excluding hydrogens is 480 g/mol. The minimum atomic E-state index is 0.757. The van der Waals surface area contributed by atoms with Crippen LogP contribution < -0.4 is 0 Å². The maximum absolute atomic E-state index is 2.52. The van der Waals surface area contributed by atoms with Crippen LogP contribution in [0.3, 0.4) is 0 Å². The molecule has 0 aliphatic rings. The first-order chi connectivity index (χ1) is 18.4. The summed E-state index contributed by atoms with van der Waals surface area (Å²) < 4.78 is 0. The summed E-state index contributed by atoms with van der Waals surface area (Å²) in [5, 5.41) is 0. The Balaban J connectivity index is 5.79. The topological polar surface area (TPSA) is 0 Å². The monoisotopic (exact) mass is 561 g/mol. The summed E-state index contributed by atoms with van der Waals surface area (Å²) in [6.07, 6.45) is 11.2. The van der Waals surface area contributed by atoms with Crippen molar-refractivity contribution in [2.45, 2.75) is 169 Å². The third-order valence-electron chi connectivity index (χ3n) is 11.2. The van der Waals surface area contributed by atoms with Crippen LogP contribution in [-0.4, -0.2) is 0 Å². The van der Waals surface area contributed by atoms with E-state index in [0.29, 0.717) is 0 Å². The quantitative estimate of drug-likeness (QED) is 0.122. The Hall–Kier alpha value is -0.260. The second-order valence-electron chi connectivity index (χ2n) is 17.2. The largest absolute Gasteiger partial charge is 0.0775 e. The Morgan fingerprint density at radius 1 is 0.350 bits per heavy atom. The molecule has 0 N–H and O–H groups in total. The summed E-state index contributed by atoms with van der Waals surface area (Å²) in [7, 11) is 0. The third kappa shape index (κ3) is 15.8. The highest BCUT2D eigenvalue weighted by molar-refractivity contribution is 5.07. The lowest BCUT2D eigenvalue weighted by molar-refractivity contribution is 0.132. The first kappa shape index (κ1) is 39.7. The van der Waals surface area contributed by atoms with Gasteiger partial charge in [0.05, 0.1) is 0 Å². The molecule has 0 heterocycles. The average molecular weight is 561 g/mol. The maximum Gasteiger partial charge on any atom is -0.0290 e. The van der Waals surface area contributed by atoms with Crippen LogP contribution in [-0.2, 0) is 0 Å². The van der Waals surface area contributed by atoms with Crippen molar-refractivity contribution < 1.29 is 0 Å². The summed E-state index contributed by atoms with van der Waals surface area (Å²) in [6.45, 7) is 41.8. The minimum absolute atomic E-state index is 0.757. The number of hydrogen-bond donors (Lipinski definition) is 0. The number of hydrogen-bond acceptors (Lipinski definition) is 0. The molecular formula is C40H80. The zero-order valence-corrected chi connectivity index (χ0v) is 31.2. The fourth-order valence-corrected chi connectivity index (χ4v) is 6.97. The summed E-state index contributed by atoms with van der Waals surface area (Å²) in [5.74, 6) is 10.5. The van der Waals surface area contributed by atoms with E-state index in [1.807, 2.05) is 0 Å². The van der Waals surface area contributed by atoms with Crippen molar-refractivity contribution in [3.05, 3.63) is 11.1 Å². The SMILES string of the molecule is CC(C)=C(C)CC(CC(CC(CC(CC(CC(CCC(C)C)C(C)C)C(C)C)C(C)C)C(C)C)C(C)C)C(C)C. The van der Waals surface area contributed by atoms with Crippen molar-refractivity contribution in [3.63, 3.8) is 0 Å². The van der Waals surface area contributed by atoms with Crippen LogP contribution in [0.1, 0.15) is 169 Å². The normalized spacial score (nSPS) is 17.4. The van der Waals surface area contributed by atoms with E-state index in [9.17, 15) is 0 Å². The molecule has 0 saturated heterocycles.